The average Bonchev–Trinajstić information content (AvgIpc) is 2.37. The second-order valence-electron chi connectivity index (χ2n) is 4.47. The van der Waals surface area contributed by atoms with E-state index in [0.717, 1.165) is 12.1 Å². The normalized spacial score (nSPS) is 10.3. The summed E-state index contributed by atoms with van der Waals surface area (Å²) in [4.78, 5) is 13.8. The van der Waals surface area contributed by atoms with E-state index in [2.05, 4.69) is 5.32 Å². The van der Waals surface area contributed by atoms with Crippen LogP contribution in [0.15, 0.2) is 18.2 Å². The number of carbonyl (C=O) groups excluding carboxylic acids is 1. The Labute approximate surface area is 114 Å². The van der Waals surface area contributed by atoms with Crippen LogP contribution in [0.5, 0.6) is 0 Å². The highest BCUT2D eigenvalue weighted by Gasteiger charge is 2.08. The Morgan fingerprint density at radius 1 is 1.42 bits per heavy atom. The number of ether oxygens (including phenoxy) is 1. The fourth-order valence-electron chi connectivity index (χ4n) is 1.73. The van der Waals surface area contributed by atoms with Gasteiger partial charge in [-0.3, -0.25) is 4.79 Å². The van der Waals surface area contributed by atoms with Gasteiger partial charge in [0.1, 0.15) is 0 Å². The molecule has 5 heteroatoms. The van der Waals surface area contributed by atoms with Crippen LogP contribution in [0, 0.1) is 0 Å². The molecule has 3 N–H and O–H groups in total. The van der Waals surface area contributed by atoms with Crippen molar-refractivity contribution in [3.63, 3.8) is 0 Å². The zero-order chi connectivity index (χ0) is 14.3. The monoisotopic (exact) mass is 265 g/mol. The molecule has 1 aromatic carbocycles. The minimum absolute atomic E-state index is 0.103. The number of benzene rings is 1. The first-order valence-corrected chi connectivity index (χ1v) is 6.49. The molecule has 0 saturated carbocycles. The molecule has 0 fully saturated rings. The molecule has 0 heterocycles. The van der Waals surface area contributed by atoms with Gasteiger partial charge in [0, 0.05) is 39.4 Å². The number of nitrogen functional groups attached to an aromatic ring is 1. The molecule has 1 amide bonds. The molecule has 0 aromatic heterocycles. The molecule has 1 rings (SSSR count). The Kier molecular flexibility index (Phi) is 6.15. The van der Waals surface area contributed by atoms with E-state index in [1.807, 2.05) is 32.0 Å². The van der Waals surface area contributed by atoms with E-state index in [4.69, 9.17) is 10.5 Å². The number of hydrogen-bond acceptors (Lipinski definition) is 4. The van der Waals surface area contributed by atoms with Crippen molar-refractivity contribution in [3.05, 3.63) is 23.8 Å². The van der Waals surface area contributed by atoms with E-state index < -0.39 is 0 Å². The smallest absolute Gasteiger partial charge is 0.251 e. The molecule has 0 radical (unpaired) electrons. The first-order chi connectivity index (χ1) is 9.06. The molecule has 5 nitrogen and oxygen atoms in total. The van der Waals surface area contributed by atoms with Crippen LogP contribution in [0.3, 0.4) is 0 Å². The fraction of sp³-hybridized carbons (Fsp3) is 0.500. The second-order valence-corrected chi connectivity index (χ2v) is 4.47. The van der Waals surface area contributed by atoms with Crippen molar-refractivity contribution >= 4 is 17.3 Å². The maximum Gasteiger partial charge on any atom is 0.251 e. The molecule has 0 unspecified atom stereocenters. The molecule has 0 aliphatic heterocycles. The number of amides is 1. The molecular weight excluding hydrogens is 242 g/mol. The van der Waals surface area contributed by atoms with Crippen LogP contribution in [0.2, 0.25) is 0 Å². The van der Waals surface area contributed by atoms with Gasteiger partial charge in [-0.1, -0.05) is 0 Å². The van der Waals surface area contributed by atoms with Gasteiger partial charge in [-0.25, -0.2) is 0 Å². The van der Waals surface area contributed by atoms with Gasteiger partial charge >= 0.3 is 0 Å². The van der Waals surface area contributed by atoms with E-state index in [9.17, 15) is 4.79 Å². The number of carbonyl (C=O) groups is 1. The van der Waals surface area contributed by atoms with Gasteiger partial charge < -0.3 is 20.7 Å². The fourth-order valence-corrected chi connectivity index (χ4v) is 1.73. The predicted molar refractivity (Wildman–Crippen MR) is 78.6 cm³/mol. The van der Waals surface area contributed by atoms with E-state index in [-0.39, 0.29) is 5.91 Å². The number of nitrogens with one attached hydrogen (secondary N) is 1. The maximum absolute atomic E-state index is 11.9. The topological polar surface area (TPSA) is 67.6 Å². The highest BCUT2D eigenvalue weighted by Crippen LogP contribution is 2.22. The first-order valence-electron chi connectivity index (χ1n) is 6.49. The molecule has 19 heavy (non-hydrogen) atoms. The zero-order valence-corrected chi connectivity index (χ0v) is 11.9. The minimum atomic E-state index is -0.103. The molecule has 0 atom stereocenters. The largest absolute Gasteiger partial charge is 0.397 e. The second kappa shape index (κ2) is 7.63. The molecule has 0 aliphatic carbocycles. The Morgan fingerprint density at radius 2 is 2.16 bits per heavy atom. The zero-order valence-electron chi connectivity index (χ0n) is 11.9. The van der Waals surface area contributed by atoms with E-state index >= 15 is 0 Å². The summed E-state index contributed by atoms with van der Waals surface area (Å²) in [5.74, 6) is -0.103. The summed E-state index contributed by atoms with van der Waals surface area (Å²) in [7, 11) is 3.83. The first kappa shape index (κ1) is 15.3. The van der Waals surface area contributed by atoms with E-state index in [0.29, 0.717) is 31.0 Å². The summed E-state index contributed by atoms with van der Waals surface area (Å²) in [6.45, 7) is 3.93. The lowest BCUT2D eigenvalue weighted by Crippen LogP contribution is -2.25. The lowest BCUT2D eigenvalue weighted by Gasteiger charge is -2.15. The lowest BCUT2D eigenvalue weighted by atomic mass is 10.1. The molecule has 1 aromatic rings. The van der Waals surface area contributed by atoms with E-state index in [1.165, 1.54) is 0 Å². The average molecular weight is 265 g/mol. The van der Waals surface area contributed by atoms with Gasteiger partial charge in [-0.2, -0.15) is 0 Å². The standard InChI is InChI=1S/C14H23N3O2/c1-4-19-9-5-8-16-14(18)11-6-7-13(17(2)3)12(15)10-11/h6-7,10H,4-5,8-9,15H2,1-3H3,(H,16,18). The highest BCUT2D eigenvalue weighted by molar-refractivity contribution is 5.96. The Morgan fingerprint density at radius 3 is 2.74 bits per heavy atom. The van der Waals surface area contributed by atoms with Gasteiger partial charge in [0.05, 0.1) is 11.4 Å². The number of nitrogens with zero attached hydrogens (tertiary/aromatic N) is 1. The summed E-state index contributed by atoms with van der Waals surface area (Å²) in [6, 6.07) is 5.33. The molecule has 0 bridgehead atoms. The molecule has 0 aliphatic rings. The third-order valence-corrected chi connectivity index (χ3v) is 2.73. The highest BCUT2D eigenvalue weighted by atomic mass is 16.5. The summed E-state index contributed by atoms with van der Waals surface area (Å²) in [5.41, 5.74) is 8.01. The maximum atomic E-state index is 11.9. The van der Waals surface area contributed by atoms with Crippen LogP contribution < -0.4 is 16.0 Å². The van der Waals surface area contributed by atoms with Crippen molar-refractivity contribution in [2.75, 3.05) is 44.5 Å². The van der Waals surface area contributed by atoms with Gasteiger partial charge in [0.25, 0.3) is 5.91 Å². The van der Waals surface area contributed by atoms with E-state index in [1.54, 1.807) is 12.1 Å². The third kappa shape index (κ3) is 4.79. The SMILES string of the molecule is CCOCCCNC(=O)c1ccc(N(C)C)c(N)c1. The van der Waals surface area contributed by atoms with Crippen molar-refractivity contribution in [3.8, 4) is 0 Å². The van der Waals surface area contributed by atoms with Gasteiger partial charge in [0.2, 0.25) is 0 Å². The Balaban J connectivity index is 2.51. The van der Waals surface area contributed by atoms with Crippen molar-refractivity contribution in [1.29, 1.82) is 0 Å². The predicted octanol–water partition coefficient (Wildman–Crippen LogP) is 1.49. The van der Waals surface area contributed by atoms with Crippen molar-refractivity contribution < 1.29 is 9.53 Å². The quantitative estimate of drug-likeness (QED) is 0.579. The molecular formula is C14H23N3O2. The number of hydrogen-bond donors (Lipinski definition) is 2. The summed E-state index contributed by atoms with van der Waals surface area (Å²) < 4.78 is 5.21. The molecule has 0 saturated heterocycles. The van der Waals surface area contributed by atoms with Gasteiger partial charge in [-0.05, 0) is 31.5 Å². The van der Waals surface area contributed by atoms with Gasteiger partial charge in [-0.15, -0.1) is 0 Å². The van der Waals surface area contributed by atoms with Crippen molar-refractivity contribution in [2.45, 2.75) is 13.3 Å². The van der Waals surface area contributed by atoms with Crippen LogP contribution in [-0.2, 0) is 4.74 Å². The van der Waals surface area contributed by atoms with Crippen LogP contribution >= 0.6 is 0 Å². The van der Waals surface area contributed by atoms with Crippen LogP contribution in [0.25, 0.3) is 0 Å². The van der Waals surface area contributed by atoms with Crippen molar-refractivity contribution in [2.24, 2.45) is 0 Å². The Bertz CT molecular complexity index is 419. The van der Waals surface area contributed by atoms with Crippen LogP contribution in [-0.4, -0.2) is 39.8 Å². The van der Waals surface area contributed by atoms with Gasteiger partial charge in [0.15, 0.2) is 0 Å². The van der Waals surface area contributed by atoms with Crippen LogP contribution in [0.4, 0.5) is 11.4 Å². The lowest BCUT2D eigenvalue weighted by molar-refractivity contribution is 0.0944. The van der Waals surface area contributed by atoms with Crippen LogP contribution in [0.1, 0.15) is 23.7 Å². The number of rotatable bonds is 7. The number of nitrogens with two attached hydrogens (primary N) is 1. The number of anilines is 2. The summed E-state index contributed by atoms with van der Waals surface area (Å²) >= 11 is 0. The Hall–Kier alpha value is -1.75. The van der Waals surface area contributed by atoms with Crippen molar-refractivity contribution in [1.82, 2.24) is 5.32 Å². The third-order valence-electron chi connectivity index (χ3n) is 2.73. The summed E-state index contributed by atoms with van der Waals surface area (Å²) in [6.07, 6.45) is 0.810. The minimum Gasteiger partial charge on any atom is -0.397 e. The molecule has 106 valence electrons. The molecule has 0 spiro atoms. The summed E-state index contributed by atoms with van der Waals surface area (Å²) in [5, 5.41) is 2.85.